The van der Waals surface area contributed by atoms with Gasteiger partial charge in [-0.1, -0.05) is 4.40 Å². The molecule has 2 aromatic heterocycles. The number of pyridine rings is 1. The van der Waals surface area contributed by atoms with Gasteiger partial charge in [0.1, 0.15) is 27.4 Å². The van der Waals surface area contributed by atoms with Crippen LogP contribution in [0.3, 0.4) is 0 Å². The lowest BCUT2D eigenvalue weighted by molar-refractivity contribution is 0.0523. The Labute approximate surface area is 157 Å². The van der Waals surface area contributed by atoms with Gasteiger partial charge < -0.3 is 19.0 Å². The number of amides is 1. The van der Waals surface area contributed by atoms with Gasteiger partial charge in [0.15, 0.2) is 0 Å². The summed E-state index contributed by atoms with van der Waals surface area (Å²) in [7, 11) is 0. The molecule has 0 aliphatic rings. The Morgan fingerprint density at radius 2 is 2.00 bits per heavy atom. The van der Waals surface area contributed by atoms with Gasteiger partial charge in [-0.15, -0.1) is 0 Å². The highest BCUT2D eigenvalue weighted by Crippen LogP contribution is 2.17. The first kappa shape index (κ1) is 20.3. The first-order valence-corrected chi connectivity index (χ1v) is 9.45. The van der Waals surface area contributed by atoms with Crippen molar-refractivity contribution in [1.82, 2.24) is 14.7 Å². The monoisotopic (exact) mass is 378 g/mol. The molecule has 2 aromatic rings. The van der Waals surface area contributed by atoms with Crippen LogP contribution in [-0.2, 0) is 22.6 Å². The minimum absolute atomic E-state index is 0.272. The molecular formula is C18H26N4O3S. The molecular weight excluding hydrogens is 352 g/mol. The molecule has 1 atom stereocenters. The van der Waals surface area contributed by atoms with E-state index in [1.807, 2.05) is 70.5 Å². The van der Waals surface area contributed by atoms with Crippen molar-refractivity contribution < 1.29 is 14.1 Å². The maximum absolute atomic E-state index is 12.0. The molecule has 1 amide bonds. The van der Waals surface area contributed by atoms with E-state index in [2.05, 4.69) is 14.7 Å². The number of alkyl carbamates (subject to hydrolysis) is 1. The number of nitrogens with one attached hydrogen (secondary N) is 1. The molecule has 0 aliphatic carbocycles. The summed E-state index contributed by atoms with van der Waals surface area (Å²) in [6.45, 7) is 11.3. The van der Waals surface area contributed by atoms with Crippen LogP contribution in [0.5, 0.6) is 0 Å². The van der Waals surface area contributed by atoms with Crippen LogP contribution in [0.2, 0.25) is 0 Å². The Morgan fingerprint density at radius 1 is 1.31 bits per heavy atom. The van der Waals surface area contributed by atoms with E-state index < -0.39 is 27.8 Å². The normalized spacial score (nSPS) is 14.0. The molecule has 0 aliphatic heterocycles. The third-order valence-corrected chi connectivity index (χ3v) is 4.50. The zero-order valence-electron chi connectivity index (χ0n) is 16.1. The summed E-state index contributed by atoms with van der Waals surface area (Å²) in [5.41, 5.74) is 1.74. The van der Waals surface area contributed by atoms with Crippen LogP contribution in [0, 0.1) is 0 Å². The van der Waals surface area contributed by atoms with Gasteiger partial charge in [0.25, 0.3) is 0 Å². The lowest BCUT2D eigenvalue weighted by Crippen LogP contribution is -2.32. The molecule has 26 heavy (non-hydrogen) atoms. The summed E-state index contributed by atoms with van der Waals surface area (Å²) in [6.07, 6.45) is 4.79. The van der Waals surface area contributed by atoms with E-state index in [4.69, 9.17) is 4.74 Å². The molecule has 1 N–H and O–H groups in total. The Bertz CT molecular complexity index is 803. The Kier molecular flexibility index (Phi) is 5.98. The zero-order valence-corrected chi connectivity index (χ0v) is 16.9. The Hall–Kier alpha value is -2.06. The fraction of sp³-hybridized carbons (Fsp3) is 0.500. The Balaban J connectivity index is 2.05. The number of nitrogens with zero attached hydrogens (tertiary/aromatic N) is 3. The number of carbonyl (C=O) groups is 1. The molecule has 0 spiro atoms. The fourth-order valence-corrected chi connectivity index (χ4v) is 2.50. The summed E-state index contributed by atoms with van der Waals surface area (Å²) < 4.78 is 22.8. The van der Waals surface area contributed by atoms with Crippen molar-refractivity contribution in [2.75, 3.05) is 0 Å². The highest BCUT2D eigenvalue weighted by atomic mass is 32.2. The largest absolute Gasteiger partial charge is 0.591 e. The molecule has 0 bridgehead atoms. The molecule has 8 heteroatoms. The highest BCUT2D eigenvalue weighted by molar-refractivity contribution is 7.91. The predicted molar refractivity (Wildman–Crippen MR) is 104 cm³/mol. The van der Waals surface area contributed by atoms with Crippen molar-refractivity contribution in [3.05, 3.63) is 35.8 Å². The molecule has 0 saturated carbocycles. The van der Waals surface area contributed by atoms with Crippen LogP contribution >= 0.6 is 0 Å². The van der Waals surface area contributed by atoms with Gasteiger partial charge in [0, 0.05) is 18.0 Å². The molecule has 0 saturated heterocycles. The van der Waals surface area contributed by atoms with Crippen molar-refractivity contribution >= 4 is 29.3 Å². The van der Waals surface area contributed by atoms with E-state index >= 15 is 0 Å². The molecule has 0 aromatic carbocycles. The minimum atomic E-state index is -1.30. The van der Waals surface area contributed by atoms with Crippen molar-refractivity contribution in [3.63, 3.8) is 0 Å². The zero-order chi connectivity index (χ0) is 19.5. The molecule has 1 unspecified atom stereocenters. The highest BCUT2D eigenvalue weighted by Gasteiger charge is 2.25. The van der Waals surface area contributed by atoms with E-state index in [1.165, 1.54) is 0 Å². The molecule has 0 fully saturated rings. The van der Waals surface area contributed by atoms with Gasteiger partial charge in [0.2, 0.25) is 0 Å². The SMILES string of the molecule is CC(C)(C)OC(=O)NCc1cn2cc(/C=N/[S+]([O-])C(C)(C)C)ccc2n1. The molecule has 2 heterocycles. The van der Waals surface area contributed by atoms with Gasteiger partial charge in [-0.05, 0) is 53.7 Å². The second-order valence-corrected chi connectivity index (χ2v) is 9.85. The maximum atomic E-state index is 12.0. The summed E-state index contributed by atoms with van der Waals surface area (Å²) in [6, 6.07) is 3.70. The second-order valence-electron chi connectivity index (χ2n) is 7.91. The molecule has 2 rings (SSSR count). The lowest BCUT2D eigenvalue weighted by Gasteiger charge is -2.19. The van der Waals surface area contributed by atoms with Crippen LogP contribution in [0.15, 0.2) is 28.9 Å². The number of carbonyl (C=O) groups excluding carboxylic acids is 1. The maximum Gasteiger partial charge on any atom is 0.407 e. The number of aromatic nitrogens is 2. The van der Waals surface area contributed by atoms with Crippen LogP contribution in [0.25, 0.3) is 5.65 Å². The quantitative estimate of drug-likeness (QED) is 0.653. The van der Waals surface area contributed by atoms with Crippen LogP contribution in [0.1, 0.15) is 52.8 Å². The number of imidazole rings is 1. The molecule has 142 valence electrons. The number of fused-ring (bicyclic) bond motifs is 1. The van der Waals surface area contributed by atoms with Crippen LogP contribution in [-0.4, -0.2) is 36.6 Å². The number of ether oxygens (including phenoxy) is 1. The second kappa shape index (κ2) is 7.67. The summed E-state index contributed by atoms with van der Waals surface area (Å²) >= 11 is -1.30. The van der Waals surface area contributed by atoms with E-state index in [0.717, 1.165) is 11.2 Å². The fourth-order valence-electron chi connectivity index (χ4n) is 1.97. The van der Waals surface area contributed by atoms with Gasteiger partial charge >= 0.3 is 6.09 Å². The average Bonchev–Trinajstić information content (AvgIpc) is 2.90. The number of hydrogen-bond donors (Lipinski definition) is 1. The lowest BCUT2D eigenvalue weighted by atomic mass is 10.2. The number of hydrogen-bond acceptors (Lipinski definition) is 5. The van der Waals surface area contributed by atoms with Crippen molar-refractivity contribution in [2.45, 2.75) is 58.4 Å². The molecule has 7 nitrogen and oxygen atoms in total. The first-order chi connectivity index (χ1) is 11.9. The molecule has 0 radical (unpaired) electrons. The van der Waals surface area contributed by atoms with Gasteiger partial charge in [-0.25, -0.2) is 9.78 Å². The van der Waals surface area contributed by atoms with E-state index in [1.54, 1.807) is 6.21 Å². The van der Waals surface area contributed by atoms with Crippen molar-refractivity contribution in [3.8, 4) is 0 Å². The predicted octanol–water partition coefficient (Wildman–Crippen LogP) is 3.24. The summed E-state index contributed by atoms with van der Waals surface area (Å²) in [5, 5.41) is 2.68. The first-order valence-electron chi connectivity index (χ1n) is 8.34. The smallest absolute Gasteiger partial charge is 0.407 e. The van der Waals surface area contributed by atoms with Crippen molar-refractivity contribution in [2.24, 2.45) is 4.40 Å². The number of rotatable bonds is 4. The average molecular weight is 378 g/mol. The third-order valence-electron chi connectivity index (χ3n) is 3.16. The summed E-state index contributed by atoms with van der Waals surface area (Å²) in [5.74, 6) is 0. The van der Waals surface area contributed by atoms with E-state index in [9.17, 15) is 9.35 Å². The van der Waals surface area contributed by atoms with Gasteiger partial charge in [-0.3, -0.25) is 0 Å². The topological polar surface area (TPSA) is 91.0 Å². The summed E-state index contributed by atoms with van der Waals surface area (Å²) in [4.78, 5) is 16.2. The van der Waals surface area contributed by atoms with E-state index in [0.29, 0.717) is 5.69 Å². The van der Waals surface area contributed by atoms with Crippen molar-refractivity contribution in [1.29, 1.82) is 0 Å². The van der Waals surface area contributed by atoms with Crippen LogP contribution < -0.4 is 5.32 Å². The van der Waals surface area contributed by atoms with E-state index in [-0.39, 0.29) is 6.54 Å². The van der Waals surface area contributed by atoms with Gasteiger partial charge in [0.05, 0.1) is 18.5 Å². The Morgan fingerprint density at radius 3 is 2.62 bits per heavy atom. The third kappa shape index (κ3) is 6.03. The standard InChI is InChI=1S/C18H26N4O3S/c1-17(2,3)25-16(23)19-10-14-12-22-11-13(7-8-15(22)21-14)9-20-26(24)18(4,5)6/h7-9,11-12H,10H2,1-6H3,(H,19,23)/b20-9+. The van der Waals surface area contributed by atoms with Gasteiger partial charge in [-0.2, -0.15) is 0 Å². The van der Waals surface area contributed by atoms with Crippen LogP contribution in [0.4, 0.5) is 4.79 Å². The minimum Gasteiger partial charge on any atom is -0.591 e.